The first-order valence-corrected chi connectivity index (χ1v) is 7.77. The van der Waals surface area contributed by atoms with Gasteiger partial charge in [0.05, 0.1) is 5.51 Å². The molecule has 4 heteroatoms. The number of carbonyl (C=O) groups excluding carboxylic acids is 1. The molecule has 0 fully saturated rings. The number of fused-ring (bicyclic) bond motifs is 1. The largest absolute Gasteiger partial charge is 0.290 e. The molecule has 1 aliphatic heterocycles. The van der Waals surface area contributed by atoms with E-state index in [2.05, 4.69) is 46.5 Å². The molecule has 0 saturated carbocycles. The van der Waals surface area contributed by atoms with Crippen LogP contribution in [0.3, 0.4) is 0 Å². The van der Waals surface area contributed by atoms with Gasteiger partial charge in [-0.15, -0.1) is 11.3 Å². The second-order valence-electron chi connectivity index (χ2n) is 7.40. The number of aromatic nitrogens is 1. The lowest BCUT2D eigenvalue weighted by Crippen LogP contribution is -2.50. The van der Waals surface area contributed by atoms with Crippen molar-refractivity contribution >= 4 is 23.1 Å². The van der Waals surface area contributed by atoms with Gasteiger partial charge in [0.15, 0.2) is 0 Å². The van der Waals surface area contributed by atoms with Gasteiger partial charge in [0.1, 0.15) is 5.82 Å². The van der Waals surface area contributed by atoms with Crippen molar-refractivity contribution in [2.45, 2.75) is 59.9 Å². The molecular formula is C15H24N2OS. The summed E-state index contributed by atoms with van der Waals surface area (Å²) < 4.78 is 0. The van der Waals surface area contributed by atoms with Gasteiger partial charge in [0, 0.05) is 16.3 Å². The Bertz CT molecular complexity index is 479. The fraction of sp³-hybridized carbons (Fsp3) is 0.733. The van der Waals surface area contributed by atoms with Crippen LogP contribution in [0.25, 0.3) is 0 Å². The minimum atomic E-state index is -0.228. The molecule has 2 rings (SSSR count). The molecule has 1 aliphatic rings. The monoisotopic (exact) mass is 280 g/mol. The maximum absolute atomic E-state index is 13.0. The number of hydrogen-bond acceptors (Lipinski definition) is 3. The number of carbonyl (C=O) groups is 1. The average Bonchev–Trinajstić information content (AvgIpc) is 2.57. The van der Waals surface area contributed by atoms with Crippen LogP contribution in [-0.2, 0) is 11.2 Å². The van der Waals surface area contributed by atoms with Gasteiger partial charge in [0.25, 0.3) is 0 Å². The van der Waals surface area contributed by atoms with E-state index in [1.165, 1.54) is 4.88 Å². The second kappa shape index (κ2) is 4.58. The van der Waals surface area contributed by atoms with Crippen LogP contribution in [0.15, 0.2) is 5.51 Å². The second-order valence-corrected chi connectivity index (χ2v) is 8.34. The fourth-order valence-electron chi connectivity index (χ4n) is 2.73. The van der Waals surface area contributed by atoms with Crippen molar-refractivity contribution in [2.75, 3.05) is 4.90 Å². The number of thiazole rings is 1. The van der Waals surface area contributed by atoms with Gasteiger partial charge in [-0.05, 0) is 39.0 Å². The normalized spacial score (nSPS) is 21.3. The van der Waals surface area contributed by atoms with Crippen LogP contribution in [-0.4, -0.2) is 16.4 Å². The predicted molar refractivity (Wildman–Crippen MR) is 80.6 cm³/mol. The van der Waals surface area contributed by atoms with E-state index in [0.29, 0.717) is 0 Å². The van der Waals surface area contributed by atoms with Gasteiger partial charge in [0.2, 0.25) is 5.91 Å². The van der Waals surface area contributed by atoms with E-state index >= 15 is 0 Å². The zero-order valence-electron chi connectivity index (χ0n) is 12.8. The quantitative estimate of drug-likeness (QED) is 0.722. The molecule has 1 aromatic heterocycles. The number of nitrogens with zero attached hydrogens (tertiary/aromatic N) is 2. The zero-order chi connectivity index (χ0) is 14.4. The third-order valence-corrected chi connectivity index (χ3v) is 4.61. The van der Waals surface area contributed by atoms with Crippen molar-refractivity contribution < 1.29 is 4.79 Å². The number of amides is 1. The maximum atomic E-state index is 13.0. The first-order chi connectivity index (χ1) is 8.62. The van der Waals surface area contributed by atoms with E-state index in [9.17, 15) is 4.79 Å². The van der Waals surface area contributed by atoms with Gasteiger partial charge in [-0.25, -0.2) is 4.98 Å². The highest BCUT2D eigenvalue weighted by molar-refractivity contribution is 7.10. The Labute approximate surface area is 120 Å². The lowest BCUT2D eigenvalue weighted by Gasteiger charge is -2.38. The van der Waals surface area contributed by atoms with Crippen LogP contribution >= 0.6 is 11.3 Å². The summed E-state index contributed by atoms with van der Waals surface area (Å²) in [5.41, 5.74) is 1.62. The molecule has 1 atom stereocenters. The molecular weight excluding hydrogens is 256 g/mol. The smallest absolute Gasteiger partial charge is 0.232 e. The molecule has 19 heavy (non-hydrogen) atoms. The molecule has 0 aliphatic carbocycles. The molecule has 0 bridgehead atoms. The Kier molecular flexibility index (Phi) is 3.50. The Morgan fingerprint density at radius 2 is 1.89 bits per heavy atom. The zero-order valence-corrected chi connectivity index (χ0v) is 13.6. The van der Waals surface area contributed by atoms with E-state index in [4.69, 9.17) is 0 Å². The molecule has 0 saturated heterocycles. The van der Waals surface area contributed by atoms with E-state index in [-0.39, 0.29) is 22.8 Å². The Morgan fingerprint density at radius 1 is 1.26 bits per heavy atom. The van der Waals surface area contributed by atoms with Crippen LogP contribution in [0.2, 0.25) is 0 Å². The number of aryl methyl sites for hydroxylation is 1. The van der Waals surface area contributed by atoms with Gasteiger partial charge in [-0.3, -0.25) is 9.69 Å². The standard InChI is InChI=1S/C15H24N2OS/c1-14(2,3)10-7-8-11-12(16-9-19-11)17(13(10)18)15(4,5)6/h9-10H,7-8H2,1-6H3. The number of rotatable bonds is 0. The highest BCUT2D eigenvalue weighted by Crippen LogP contribution is 2.40. The summed E-state index contributed by atoms with van der Waals surface area (Å²) in [5, 5.41) is 0. The van der Waals surface area contributed by atoms with E-state index in [0.717, 1.165) is 18.7 Å². The van der Waals surface area contributed by atoms with Gasteiger partial charge >= 0.3 is 0 Å². The van der Waals surface area contributed by atoms with Crippen LogP contribution in [0.1, 0.15) is 52.8 Å². The molecule has 1 unspecified atom stereocenters. The van der Waals surface area contributed by atoms with Crippen LogP contribution in [0, 0.1) is 11.3 Å². The molecule has 0 N–H and O–H groups in total. The highest BCUT2D eigenvalue weighted by Gasteiger charge is 2.42. The third kappa shape index (κ3) is 2.69. The SMILES string of the molecule is CC(C)(C)C1CCc2scnc2N(C(C)(C)C)C1=O. The third-order valence-electron chi connectivity index (χ3n) is 3.73. The Morgan fingerprint density at radius 3 is 2.42 bits per heavy atom. The first kappa shape index (κ1) is 14.5. The van der Waals surface area contributed by atoms with Gasteiger partial charge < -0.3 is 0 Å². The van der Waals surface area contributed by atoms with Gasteiger partial charge in [-0.2, -0.15) is 0 Å². The van der Waals surface area contributed by atoms with E-state index in [1.54, 1.807) is 11.3 Å². The van der Waals surface area contributed by atoms with Crippen molar-refractivity contribution in [3.05, 3.63) is 10.4 Å². The summed E-state index contributed by atoms with van der Waals surface area (Å²) in [6.07, 6.45) is 1.88. The molecule has 0 spiro atoms. The van der Waals surface area contributed by atoms with Crippen LogP contribution in [0.4, 0.5) is 5.82 Å². The summed E-state index contributed by atoms with van der Waals surface area (Å²) in [6.45, 7) is 12.7. The fourth-order valence-corrected chi connectivity index (χ4v) is 3.49. The molecule has 1 aromatic rings. The summed E-state index contributed by atoms with van der Waals surface area (Å²) in [6, 6.07) is 0. The molecule has 3 nitrogen and oxygen atoms in total. The van der Waals surface area contributed by atoms with Crippen molar-refractivity contribution in [3.63, 3.8) is 0 Å². The first-order valence-electron chi connectivity index (χ1n) is 6.89. The molecule has 0 radical (unpaired) electrons. The molecule has 2 heterocycles. The van der Waals surface area contributed by atoms with E-state index < -0.39 is 0 Å². The Balaban J connectivity index is 2.50. The predicted octanol–water partition coefficient (Wildman–Crippen LogP) is 3.88. The minimum Gasteiger partial charge on any atom is -0.290 e. The summed E-state index contributed by atoms with van der Waals surface area (Å²) in [5.74, 6) is 1.17. The van der Waals surface area contributed by atoms with Crippen molar-refractivity contribution in [1.82, 2.24) is 4.98 Å². The molecule has 0 aromatic carbocycles. The minimum absolute atomic E-state index is 0.00524. The van der Waals surface area contributed by atoms with Crippen LogP contribution in [0.5, 0.6) is 0 Å². The molecule has 1 amide bonds. The summed E-state index contributed by atoms with van der Waals surface area (Å²) in [4.78, 5) is 20.6. The topological polar surface area (TPSA) is 33.2 Å². The summed E-state index contributed by atoms with van der Waals surface area (Å²) >= 11 is 1.67. The lowest BCUT2D eigenvalue weighted by atomic mass is 9.77. The number of hydrogen-bond donors (Lipinski definition) is 0. The van der Waals surface area contributed by atoms with Gasteiger partial charge in [-0.1, -0.05) is 20.8 Å². The van der Waals surface area contributed by atoms with Crippen molar-refractivity contribution in [1.29, 1.82) is 0 Å². The number of anilines is 1. The van der Waals surface area contributed by atoms with Crippen LogP contribution < -0.4 is 4.90 Å². The lowest BCUT2D eigenvalue weighted by molar-refractivity contribution is -0.126. The highest BCUT2D eigenvalue weighted by atomic mass is 32.1. The Hall–Kier alpha value is -0.900. The average molecular weight is 280 g/mol. The maximum Gasteiger partial charge on any atom is 0.232 e. The van der Waals surface area contributed by atoms with Crippen molar-refractivity contribution in [2.24, 2.45) is 11.3 Å². The molecule has 106 valence electrons. The van der Waals surface area contributed by atoms with E-state index in [1.807, 2.05) is 10.4 Å². The van der Waals surface area contributed by atoms with Crippen molar-refractivity contribution in [3.8, 4) is 0 Å². The summed E-state index contributed by atoms with van der Waals surface area (Å²) in [7, 11) is 0.